The number of rotatable bonds is 7. The van der Waals surface area contributed by atoms with E-state index in [0.29, 0.717) is 6.04 Å². The molecule has 2 N–H and O–H groups in total. The maximum Gasteiger partial charge on any atom is 0.0594 e. The second-order valence-corrected chi connectivity index (χ2v) is 5.56. The Labute approximate surface area is 127 Å². The number of aliphatic hydroxyl groups excluding tert-OH is 1. The van der Waals surface area contributed by atoms with E-state index >= 15 is 0 Å². The summed E-state index contributed by atoms with van der Waals surface area (Å²) in [5, 5.41) is 13.5. The van der Waals surface area contributed by atoms with Crippen LogP contribution in [0.5, 0.6) is 0 Å². The van der Waals surface area contributed by atoms with Crippen LogP contribution in [0.15, 0.2) is 60.7 Å². The highest BCUT2D eigenvalue weighted by atomic mass is 16.3. The van der Waals surface area contributed by atoms with Crippen LogP contribution in [-0.2, 0) is 0 Å². The summed E-state index contributed by atoms with van der Waals surface area (Å²) in [5.74, 6) is 0.159. The lowest BCUT2D eigenvalue weighted by Crippen LogP contribution is -2.43. The van der Waals surface area contributed by atoms with Gasteiger partial charge in [-0.05, 0) is 24.5 Å². The first-order valence-electron chi connectivity index (χ1n) is 7.73. The molecule has 0 aliphatic carbocycles. The predicted octanol–water partition coefficient (Wildman–Crippen LogP) is 3.57. The lowest BCUT2D eigenvalue weighted by molar-refractivity contribution is 0.220. The molecular formula is C19H25NO. The third kappa shape index (κ3) is 4.16. The molecule has 2 aromatic carbocycles. The minimum Gasteiger partial charge on any atom is -0.395 e. The van der Waals surface area contributed by atoms with Gasteiger partial charge in [0, 0.05) is 18.0 Å². The summed E-state index contributed by atoms with van der Waals surface area (Å²) in [6.45, 7) is 4.45. The van der Waals surface area contributed by atoms with Crippen LogP contribution in [0.4, 0.5) is 0 Å². The Hall–Kier alpha value is -1.64. The average molecular weight is 283 g/mol. The number of hydrogen-bond donors (Lipinski definition) is 2. The van der Waals surface area contributed by atoms with E-state index in [2.05, 4.69) is 67.7 Å². The third-order valence-electron chi connectivity index (χ3n) is 4.03. The first-order chi connectivity index (χ1) is 10.3. The molecule has 0 amide bonds. The molecule has 2 rings (SSSR count). The molecule has 2 aromatic rings. The van der Waals surface area contributed by atoms with Crippen molar-refractivity contribution >= 4 is 0 Å². The fraction of sp³-hybridized carbons (Fsp3) is 0.368. The van der Waals surface area contributed by atoms with Crippen molar-refractivity contribution < 1.29 is 5.11 Å². The van der Waals surface area contributed by atoms with Crippen molar-refractivity contribution in [3.63, 3.8) is 0 Å². The van der Waals surface area contributed by atoms with Crippen LogP contribution in [0.1, 0.15) is 37.3 Å². The van der Waals surface area contributed by atoms with E-state index in [9.17, 15) is 5.11 Å². The van der Waals surface area contributed by atoms with Gasteiger partial charge < -0.3 is 10.4 Å². The fourth-order valence-corrected chi connectivity index (χ4v) is 2.72. The molecule has 0 aliphatic rings. The zero-order valence-corrected chi connectivity index (χ0v) is 12.9. The van der Waals surface area contributed by atoms with Gasteiger partial charge in [-0.25, -0.2) is 0 Å². The molecular weight excluding hydrogens is 258 g/mol. The Bertz CT molecular complexity index is 472. The van der Waals surface area contributed by atoms with Crippen LogP contribution >= 0.6 is 0 Å². The Morgan fingerprint density at radius 2 is 1.38 bits per heavy atom. The SMILES string of the molecule is CCC(C)NC(CO)C(c1ccccc1)c1ccccc1. The van der Waals surface area contributed by atoms with Crippen LogP contribution < -0.4 is 5.32 Å². The van der Waals surface area contributed by atoms with Gasteiger partial charge in [0.2, 0.25) is 0 Å². The normalized spacial score (nSPS) is 14.1. The molecule has 0 heterocycles. The van der Waals surface area contributed by atoms with Crippen molar-refractivity contribution in [2.75, 3.05) is 6.61 Å². The molecule has 0 aromatic heterocycles. The van der Waals surface area contributed by atoms with Crippen molar-refractivity contribution in [2.24, 2.45) is 0 Å². The minimum atomic E-state index is 0.0183. The summed E-state index contributed by atoms with van der Waals surface area (Å²) in [7, 11) is 0. The monoisotopic (exact) mass is 283 g/mol. The maximum atomic E-state index is 9.90. The summed E-state index contributed by atoms with van der Waals surface area (Å²) < 4.78 is 0. The molecule has 0 aliphatic heterocycles. The fourth-order valence-electron chi connectivity index (χ4n) is 2.72. The topological polar surface area (TPSA) is 32.3 Å². The molecule has 0 saturated carbocycles. The summed E-state index contributed by atoms with van der Waals surface area (Å²) in [6.07, 6.45) is 1.05. The van der Waals surface area contributed by atoms with Gasteiger partial charge in [-0.15, -0.1) is 0 Å². The smallest absolute Gasteiger partial charge is 0.0594 e. The van der Waals surface area contributed by atoms with Gasteiger partial charge >= 0.3 is 0 Å². The quantitative estimate of drug-likeness (QED) is 0.814. The molecule has 0 bridgehead atoms. The number of aliphatic hydroxyl groups is 1. The summed E-state index contributed by atoms with van der Waals surface area (Å²) in [4.78, 5) is 0. The van der Waals surface area contributed by atoms with E-state index in [-0.39, 0.29) is 18.6 Å². The van der Waals surface area contributed by atoms with Crippen LogP contribution in [0.25, 0.3) is 0 Å². The molecule has 0 fully saturated rings. The highest BCUT2D eigenvalue weighted by molar-refractivity contribution is 5.34. The molecule has 0 radical (unpaired) electrons. The van der Waals surface area contributed by atoms with Crippen LogP contribution in [0, 0.1) is 0 Å². The zero-order chi connectivity index (χ0) is 15.1. The molecule has 0 spiro atoms. The number of hydrogen-bond acceptors (Lipinski definition) is 2. The predicted molar refractivity (Wildman–Crippen MR) is 88.5 cm³/mol. The number of nitrogens with one attached hydrogen (secondary N) is 1. The van der Waals surface area contributed by atoms with Gasteiger partial charge in [0.15, 0.2) is 0 Å². The molecule has 2 atom stereocenters. The van der Waals surface area contributed by atoms with Crippen molar-refractivity contribution in [1.82, 2.24) is 5.32 Å². The highest BCUT2D eigenvalue weighted by Gasteiger charge is 2.25. The largest absolute Gasteiger partial charge is 0.395 e. The Morgan fingerprint density at radius 3 is 1.76 bits per heavy atom. The van der Waals surface area contributed by atoms with Gasteiger partial charge in [0.1, 0.15) is 0 Å². The Kier molecular flexibility index (Phi) is 5.97. The summed E-state index contributed by atoms with van der Waals surface area (Å²) in [5.41, 5.74) is 2.47. The standard InChI is InChI=1S/C19H25NO/c1-3-15(2)20-18(14-21)19(16-10-6-4-7-11-16)17-12-8-5-9-13-17/h4-13,15,18-21H,3,14H2,1-2H3. The molecule has 2 unspecified atom stereocenters. The van der Waals surface area contributed by atoms with E-state index in [4.69, 9.17) is 0 Å². The van der Waals surface area contributed by atoms with Gasteiger partial charge in [-0.3, -0.25) is 0 Å². The summed E-state index contributed by atoms with van der Waals surface area (Å²) in [6, 6.07) is 21.2. The molecule has 2 nitrogen and oxygen atoms in total. The van der Waals surface area contributed by atoms with Crippen LogP contribution in [0.3, 0.4) is 0 Å². The van der Waals surface area contributed by atoms with Crippen molar-refractivity contribution in [3.05, 3.63) is 71.8 Å². The van der Waals surface area contributed by atoms with Crippen molar-refractivity contribution in [1.29, 1.82) is 0 Å². The Morgan fingerprint density at radius 1 is 0.905 bits per heavy atom. The van der Waals surface area contributed by atoms with Gasteiger partial charge in [0.25, 0.3) is 0 Å². The molecule has 112 valence electrons. The van der Waals surface area contributed by atoms with Crippen molar-refractivity contribution in [2.45, 2.75) is 38.3 Å². The summed E-state index contributed by atoms with van der Waals surface area (Å²) >= 11 is 0. The average Bonchev–Trinajstić information content (AvgIpc) is 2.56. The lowest BCUT2D eigenvalue weighted by Gasteiger charge is -2.30. The number of benzene rings is 2. The van der Waals surface area contributed by atoms with Gasteiger partial charge in [0.05, 0.1) is 6.61 Å². The van der Waals surface area contributed by atoms with Gasteiger partial charge in [-0.2, -0.15) is 0 Å². The van der Waals surface area contributed by atoms with E-state index in [1.165, 1.54) is 11.1 Å². The first-order valence-corrected chi connectivity index (χ1v) is 7.73. The van der Waals surface area contributed by atoms with Gasteiger partial charge in [-0.1, -0.05) is 67.6 Å². The van der Waals surface area contributed by atoms with Crippen LogP contribution in [0.2, 0.25) is 0 Å². The van der Waals surface area contributed by atoms with E-state index in [1.807, 2.05) is 12.1 Å². The lowest BCUT2D eigenvalue weighted by atomic mass is 9.85. The Balaban J connectivity index is 2.35. The second kappa shape index (κ2) is 7.96. The highest BCUT2D eigenvalue weighted by Crippen LogP contribution is 2.28. The third-order valence-corrected chi connectivity index (χ3v) is 4.03. The van der Waals surface area contributed by atoms with E-state index in [0.717, 1.165) is 6.42 Å². The van der Waals surface area contributed by atoms with E-state index < -0.39 is 0 Å². The first kappa shape index (κ1) is 15.7. The molecule has 21 heavy (non-hydrogen) atoms. The van der Waals surface area contributed by atoms with E-state index in [1.54, 1.807) is 0 Å². The minimum absolute atomic E-state index is 0.0183. The second-order valence-electron chi connectivity index (χ2n) is 5.56. The molecule has 0 saturated heterocycles. The maximum absolute atomic E-state index is 9.90. The zero-order valence-electron chi connectivity index (χ0n) is 12.9. The van der Waals surface area contributed by atoms with Crippen LogP contribution in [-0.4, -0.2) is 23.8 Å². The molecule has 2 heteroatoms. The van der Waals surface area contributed by atoms with Crippen molar-refractivity contribution in [3.8, 4) is 0 Å².